The minimum absolute atomic E-state index is 0.0180. The lowest BCUT2D eigenvalue weighted by molar-refractivity contribution is -0.139. The first-order valence-corrected chi connectivity index (χ1v) is 7.69. The van der Waals surface area contributed by atoms with Gasteiger partial charge in [0, 0.05) is 11.1 Å². The number of carbonyl (C=O) groups is 4. The van der Waals surface area contributed by atoms with Gasteiger partial charge in [-0.2, -0.15) is 0 Å². The molecule has 0 saturated carbocycles. The number of ether oxygens (including phenoxy) is 1. The molecule has 0 spiro atoms. The number of hydrogen-bond donors (Lipinski definition) is 1. The standard InChI is InChI=1S/C19H14O7/c1-9-10(2)19-15(18(24)16(9)22)13(7-26-19)17(23)11-3-5-12(6-4-11)25-8-14(20)21/h3-7H,8H2,1-2H3,(H,20,21). The third-order valence-corrected chi connectivity index (χ3v) is 4.19. The molecule has 1 aliphatic rings. The van der Waals surface area contributed by atoms with Crippen LogP contribution in [0.5, 0.6) is 5.75 Å². The Bertz CT molecular complexity index is 974. The lowest BCUT2D eigenvalue weighted by Crippen LogP contribution is -2.23. The van der Waals surface area contributed by atoms with Crippen molar-refractivity contribution in [3.63, 3.8) is 0 Å². The minimum atomic E-state index is -1.11. The molecule has 0 aliphatic heterocycles. The van der Waals surface area contributed by atoms with Gasteiger partial charge in [-0.3, -0.25) is 14.4 Å². The molecule has 26 heavy (non-hydrogen) atoms. The van der Waals surface area contributed by atoms with E-state index < -0.39 is 29.9 Å². The SMILES string of the molecule is CC1=C(C)c2occ(C(=O)c3ccc(OCC(=O)O)cc3)c2C(=O)C1=O. The number of aliphatic carboxylic acids is 1. The van der Waals surface area contributed by atoms with Crippen molar-refractivity contribution in [2.75, 3.05) is 6.61 Å². The molecule has 132 valence electrons. The Morgan fingerprint density at radius 2 is 1.69 bits per heavy atom. The van der Waals surface area contributed by atoms with Gasteiger partial charge in [-0.05, 0) is 43.7 Å². The van der Waals surface area contributed by atoms with E-state index >= 15 is 0 Å². The molecule has 1 aromatic heterocycles. The van der Waals surface area contributed by atoms with Crippen molar-refractivity contribution in [2.24, 2.45) is 0 Å². The van der Waals surface area contributed by atoms with Crippen LogP contribution in [0, 0.1) is 0 Å². The van der Waals surface area contributed by atoms with Crippen molar-refractivity contribution < 1.29 is 33.4 Å². The molecule has 7 nitrogen and oxygen atoms in total. The number of carbonyl (C=O) groups excluding carboxylic acids is 3. The van der Waals surface area contributed by atoms with E-state index in [2.05, 4.69) is 0 Å². The molecule has 0 bridgehead atoms. The number of allylic oxidation sites excluding steroid dienone is 2. The minimum Gasteiger partial charge on any atom is -0.482 e. The van der Waals surface area contributed by atoms with Gasteiger partial charge in [0.15, 0.2) is 12.4 Å². The predicted molar refractivity (Wildman–Crippen MR) is 89.3 cm³/mol. The topological polar surface area (TPSA) is 111 Å². The number of furan rings is 1. The monoisotopic (exact) mass is 354 g/mol. The Labute approximate surface area is 147 Å². The van der Waals surface area contributed by atoms with E-state index in [1.807, 2.05) is 0 Å². The molecule has 2 aromatic rings. The average molecular weight is 354 g/mol. The Morgan fingerprint density at radius 3 is 2.31 bits per heavy atom. The summed E-state index contributed by atoms with van der Waals surface area (Å²) in [5.74, 6) is -2.48. The van der Waals surface area contributed by atoms with Gasteiger partial charge in [-0.25, -0.2) is 4.79 Å². The van der Waals surface area contributed by atoms with Crippen LogP contribution >= 0.6 is 0 Å². The second-order valence-corrected chi connectivity index (χ2v) is 5.80. The average Bonchev–Trinajstić information content (AvgIpc) is 3.08. The van der Waals surface area contributed by atoms with Gasteiger partial charge in [-0.15, -0.1) is 0 Å². The largest absolute Gasteiger partial charge is 0.482 e. The second kappa shape index (κ2) is 6.44. The number of ketones is 3. The van der Waals surface area contributed by atoms with Crippen molar-refractivity contribution in [1.29, 1.82) is 0 Å². The highest BCUT2D eigenvalue weighted by Crippen LogP contribution is 2.33. The molecule has 7 heteroatoms. The van der Waals surface area contributed by atoms with Gasteiger partial charge in [0.1, 0.15) is 17.8 Å². The van der Waals surface area contributed by atoms with Crippen LogP contribution in [0.15, 0.2) is 40.5 Å². The molecule has 1 N–H and O–H groups in total. The highest BCUT2D eigenvalue weighted by atomic mass is 16.5. The molecule has 3 rings (SSSR count). The molecular weight excluding hydrogens is 340 g/mol. The van der Waals surface area contributed by atoms with Crippen LogP contribution in [-0.2, 0) is 9.59 Å². The summed E-state index contributed by atoms with van der Waals surface area (Å²) >= 11 is 0. The molecular formula is C19H14O7. The lowest BCUT2D eigenvalue weighted by Gasteiger charge is -2.12. The highest BCUT2D eigenvalue weighted by Gasteiger charge is 2.35. The van der Waals surface area contributed by atoms with Crippen molar-refractivity contribution in [2.45, 2.75) is 13.8 Å². The number of benzene rings is 1. The summed E-state index contributed by atoms with van der Waals surface area (Å²) in [5.41, 5.74) is 1.08. The van der Waals surface area contributed by atoms with Crippen molar-refractivity contribution in [3.05, 3.63) is 58.6 Å². The maximum absolute atomic E-state index is 12.7. The van der Waals surface area contributed by atoms with E-state index in [0.717, 1.165) is 0 Å². The molecule has 1 aromatic carbocycles. The molecule has 0 amide bonds. The lowest BCUT2D eigenvalue weighted by atomic mass is 9.87. The number of hydrogen-bond acceptors (Lipinski definition) is 6. The summed E-state index contributed by atoms with van der Waals surface area (Å²) in [6, 6.07) is 5.79. The van der Waals surface area contributed by atoms with Gasteiger partial charge in [0.25, 0.3) is 0 Å². The molecule has 0 radical (unpaired) electrons. The number of carboxylic acids is 1. The smallest absolute Gasteiger partial charge is 0.341 e. The fraction of sp³-hybridized carbons (Fsp3) is 0.158. The van der Waals surface area contributed by atoms with E-state index in [1.165, 1.54) is 30.5 Å². The first kappa shape index (κ1) is 17.3. The summed E-state index contributed by atoms with van der Waals surface area (Å²) in [6.45, 7) is 2.70. The van der Waals surface area contributed by atoms with Crippen LogP contribution in [-0.4, -0.2) is 35.0 Å². The van der Waals surface area contributed by atoms with Gasteiger partial charge >= 0.3 is 5.97 Å². The van der Waals surface area contributed by atoms with Gasteiger partial charge in [-0.1, -0.05) is 0 Å². The van der Waals surface area contributed by atoms with Crippen LogP contribution in [0.1, 0.15) is 45.9 Å². The number of carboxylic acid groups (broad SMARTS) is 1. The number of rotatable bonds is 5. The number of Topliss-reactive ketones (excluding diaryl/α,β-unsaturated/α-hetero) is 2. The second-order valence-electron chi connectivity index (χ2n) is 5.80. The highest BCUT2D eigenvalue weighted by molar-refractivity contribution is 6.53. The zero-order chi connectivity index (χ0) is 19.0. The summed E-state index contributed by atoms with van der Waals surface area (Å²) in [6.07, 6.45) is 1.18. The Hall–Kier alpha value is -3.48. The fourth-order valence-corrected chi connectivity index (χ4v) is 2.65. The van der Waals surface area contributed by atoms with Crippen LogP contribution in [0.4, 0.5) is 0 Å². The molecule has 0 unspecified atom stereocenters. The third kappa shape index (κ3) is 2.83. The first-order valence-electron chi connectivity index (χ1n) is 7.69. The van der Waals surface area contributed by atoms with Crippen molar-refractivity contribution in [1.82, 2.24) is 0 Å². The van der Waals surface area contributed by atoms with Crippen LogP contribution in [0.3, 0.4) is 0 Å². The summed E-state index contributed by atoms with van der Waals surface area (Å²) in [7, 11) is 0. The predicted octanol–water partition coefficient (Wildman–Crippen LogP) is 2.53. The van der Waals surface area contributed by atoms with Crippen molar-refractivity contribution >= 4 is 28.9 Å². The third-order valence-electron chi connectivity index (χ3n) is 4.19. The Balaban J connectivity index is 1.93. The van der Waals surface area contributed by atoms with E-state index in [-0.39, 0.29) is 22.5 Å². The van der Waals surface area contributed by atoms with E-state index in [9.17, 15) is 19.2 Å². The van der Waals surface area contributed by atoms with Crippen LogP contribution in [0.25, 0.3) is 5.57 Å². The molecule has 0 saturated heterocycles. The normalized spacial score (nSPS) is 13.6. The maximum Gasteiger partial charge on any atom is 0.341 e. The zero-order valence-electron chi connectivity index (χ0n) is 14.0. The Kier molecular flexibility index (Phi) is 4.29. The van der Waals surface area contributed by atoms with Crippen LogP contribution < -0.4 is 4.74 Å². The van der Waals surface area contributed by atoms with Gasteiger partial charge in [0.2, 0.25) is 11.6 Å². The first-order chi connectivity index (χ1) is 12.3. The molecule has 0 fully saturated rings. The van der Waals surface area contributed by atoms with Crippen LogP contribution in [0.2, 0.25) is 0 Å². The van der Waals surface area contributed by atoms with Gasteiger partial charge < -0.3 is 14.3 Å². The summed E-state index contributed by atoms with van der Waals surface area (Å²) in [5, 5.41) is 8.59. The molecule has 1 aliphatic carbocycles. The van der Waals surface area contributed by atoms with Gasteiger partial charge in [0.05, 0.1) is 11.1 Å². The number of fused-ring (bicyclic) bond motifs is 1. The maximum atomic E-state index is 12.7. The van der Waals surface area contributed by atoms with E-state index in [1.54, 1.807) is 13.8 Å². The Morgan fingerprint density at radius 1 is 1.04 bits per heavy atom. The fourth-order valence-electron chi connectivity index (χ4n) is 2.65. The molecule has 0 atom stereocenters. The quantitative estimate of drug-likeness (QED) is 0.649. The molecule has 1 heterocycles. The summed E-state index contributed by atoms with van der Waals surface area (Å²) in [4.78, 5) is 47.6. The van der Waals surface area contributed by atoms with Crippen molar-refractivity contribution in [3.8, 4) is 5.75 Å². The van der Waals surface area contributed by atoms with E-state index in [0.29, 0.717) is 16.9 Å². The zero-order valence-corrected chi connectivity index (χ0v) is 14.0. The van der Waals surface area contributed by atoms with E-state index in [4.69, 9.17) is 14.3 Å². The summed E-state index contributed by atoms with van der Waals surface area (Å²) < 4.78 is 10.4.